The Morgan fingerprint density at radius 3 is 2.45 bits per heavy atom. The van der Waals surface area contributed by atoms with Crippen LogP contribution in [-0.4, -0.2) is 69.9 Å². The molecular weight excluding hydrogens is 290 g/mol. The minimum Gasteiger partial charge on any atom is -0.382 e. The summed E-state index contributed by atoms with van der Waals surface area (Å²) in [5.41, 5.74) is -0.397. The van der Waals surface area contributed by atoms with E-state index in [-0.39, 0.29) is 12.2 Å². The van der Waals surface area contributed by atoms with Crippen LogP contribution in [0.4, 0.5) is 5.82 Å². The molecule has 1 fully saturated rings. The van der Waals surface area contributed by atoms with Crippen molar-refractivity contribution in [3.05, 3.63) is 22.7 Å². The van der Waals surface area contributed by atoms with E-state index in [1.165, 1.54) is 4.57 Å². The minimum atomic E-state index is -0.605. The molecule has 0 amide bonds. The summed E-state index contributed by atoms with van der Waals surface area (Å²) >= 11 is 0. The van der Waals surface area contributed by atoms with Gasteiger partial charge in [-0.1, -0.05) is 0 Å². The summed E-state index contributed by atoms with van der Waals surface area (Å²) < 4.78 is 23.4. The van der Waals surface area contributed by atoms with Crippen molar-refractivity contribution in [2.75, 3.05) is 46.9 Å². The van der Waals surface area contributed by atoms with Crippen LogP contribution in [0.15, 0.2) is 17.1 Å². The fraction of sp³-hybridized carbons (Fsp3) is 0.714. The molecule has 0 aromatic carbocycles. The lowest BCUT2D eigenvalue weighted by Gasteiger charge is -2.22. The maximum absolute atomic E-state index is 12.3. The van der Waals surface area contributed by atoms with Crippen LogP contribution in [-0.2, 0) is 18.9 Å². The fourth-order valence-electron chi connectivity index (χ4n) is 2.61. The maximum Gasteiger partial charge on any atom is 0.351 e. The molecule has 0 aliphatic carbocycles. The van der Waals surface area contributed by atoms with Crippen LogP contribution in [0.3, 0.4) is 0 Å². The van der Waals surface area contributed by atoms with Gasteiger partial charge in [0.25, 0.3) is 0 Å². The first-order valence-corrected chi connectivity index (χ1v) is 7.00. The fourth-order valence-corrected chi connectivity index (χ4v) is 2.61. The molecule has 0 unspecified atom stereocenters. The average molecular weight is 313 g/mol. The molecule has 0 N–H and O–H groups in total. The lowest BCUT2D eigenvalue weighted by Crippen LogP contribution is -2.39. The topological polar surface area (TPSA) is 75.1 Å². The number of ether oxygens (including phenoxy) is 4. The molecule has 0 radical (unpaired) electrons. The molecule has 1 saturated heterocycles. The van der Waals surface area contributed by atoms with E-state index in [0.29, 0.717) is 12.4 Å². The van der Waals surface area contributed by atoms with Crippen molar-refractivity contribution in [3.63, 3.8) is 0 Å². The molecule has 0 bridgehead atoms. The Bertz CT molecular complexity index is 548. The molecule has 0 saturated carbocycles. The van der Waals surface area contributed by atoms with Gasteiger partial charge < -0.3 is 23.8 Å². The van der Waals surface area contributed by atoms with E-state index >= 15 is 0 Å². The average Bonchev–Trinajstić information content (AvgIpc) is 2.84. The van der Waals surface area contributed by atoms with E-state index in [2.05, 4.69) is 4.98 Å². The lowest BCUT2D eigenvalue weighted by atomic mass is 10.1. The van der Waals surface area contributed by atoms with Gasteiger partial charge >= 0.3 is 5.69 Å². The zero-order valence-corrected chi connectivity index (χ0v) is 13.6. The van der Waals surface area contributed by atoms with Gasteiger partial charge in [-0.2, -0.15) is 4.98 Å². The molecular formula is C14H23N3O5. The van der Waals surface area contributed by atoms with E-state index in [9.17, 15) is 4.79 Å². The van der Waals surface area contributed by atoms with Gasteiger partial charge in [0.05, 0.1) is 6.61 Å². The number of methoxy groups -OCH3 is 3. The third-order valence-electron chi connectivity index (χ3n) is 3.71. The number of hydrogen-bond acceptors (Lipinski definition) is 7. The largest absolute Gasteiger partial charge is 0.382 e. The highest BCUT2D eigenvalue weighted by Gasteiger charge is 2.46. The van der Waals surface area contributed by atoms with Gasteiger partial charge in [0.15, 0.2) is 6.23 Å². The number of nitrogens with zero attached hydrogens (tertiary/aromatic N) is 3. The zero-order valence-electron chi connectivity index (χ0n) is 13.6. The molecule has 8 nitrogen and oxygen atoms in total. The van der Waals surface area contributed by atoms with E-state index in [1.807, 2.05) is 14.1 Å². The molecule has 4 atom stereocenters. The molecule has 124 valence electrons. The van der Waals surface area contributed by atoms with E-state index in [0.717, 1.165) is 0 Å². The summed E-state index contributed by atoms with van der Waals surface area (Å²) in [4.78, 5) is 18.1. The van der Waals surface area contributed by atoms with Crippen molar-refractivity contribution < 1.29 is 18.9 Å². The van der Waals surface area contributed by atoms with E-state index in [1.54, 1.807) is 38.5 Å². The van der Waals surface area contributed by atoms with Crippen LogP contribution >= 0.6 is 0 Å². The Kier molecular flexibility index (Phi) is 5.52. The molecule has 1 aliphatic rings. The Morgan fingerprint density at radius 2 is 1.95 bits per heavy atom. The van der Waals surface area contributed by atoms with Crippen LogP contribution in [0.2, 0.25) is 0 Å². The predicted molar refractivity (Wildman–Crippen MR) is 80.2 cm³/mol. The summed E-state index contributed by atoms with van der Waals surface area (Å²) in [6.45, 7) is 0.354. The second-order valence-electron chi connectivity index (χ2n) is 5.29. The Balaban J connectivity index is 2.32. The van der Waals surface area contributed by atoms with Gasteiger partial charge in [-0.05, 0) is 6.07 Å². The number of aromatic nitrogens is 2. The predicted octanol–water partition coefficient (Wildman–Crippen LogP) is -0.117. The molecule has 8 heteroatoms. The molecule has 22 heavy (non-hydrogen) atoms. The summed E-state index contributed by atoms with van der Waals surface area (Å²) in [5, 5.41) is 0. The maximum atomic E-state index is 12.3. The van der Waals surface area contributed by atoms with Crippen molar-refractivity contribution in [1.29, 1.82) is 0 Å². The van der Waals surface area contributed by atoms with Crippen LogP contribution < -0.4 is 10.6 Å². The lowest BCUT2D eigenvalue weighted by molar-refractivity contribution is -0.0672. The van der Waals surface area contributed by atoms with Crippen LogP contribution in [0.5, 0.6) is 0 Å². The van der Waals surface area contributed by atoms with Crippen LogP contribution in [0, 0.1) is 0 Å². The molecule has 0 spiro atoms. The summed E-state index contributed by atoms with van der Waals surface area (Å²) in [6, 6.07) is 1.75. The molecule has 2 rings (SSSR count). The number of hydrogen-bond donors (Lipinski definition) is 0. The number of rotatable bonds is 6. The molecule has 1 aromatic rings. The van der Waals surface area contributed by atoms with Gasteiger partial charge in [0.1, 0.15) is 24.1 Å². The van der Waals surface area contributed by atoms with E-state index in [4.69, 9.17) is 18.9 Å². The van der Waals surface area contributed by atoms with Gasteiger partial charge in [-0.3, -0.25) is 4.57 Å². The first kappa shape index (κ1) is 16.9. The summed E-state index contributed by atoms with van der Waals surface area (Å²) in [5.74, 6) is 0.588. The Hall–Kier alpha value is -1.48. The minimum absolute atomic E-state index is 0.314. The molecule has 1 aliphatic heterocycles. The Morgan fingerprint density at radius 1 is 1.27 bits per heavy atom. The van der Waals surface area contributed by atoms with Crippen molar-refractivity contribution in [1.82, 2.24) is 9.55 Å². The monoisotopic (exact) mass is 313 g/mol. The summed E-state index contributed by atoms with van der Waals surface area (Å²) in [7, 11) is 8.39. The quantitative estimate of drug-likeness (QED) is 0.725. The van der Waals surface area contributed by atoms with Crippen molar-refractivity contribution in [2.45, 2.75) is 24.5 Å². The summed E-state index contributed by atoms with van der Waals surface area (Å²) in [6.07, 6.45) is -0.00888. The third-order valence-corrected chi connectivity index (χ3v) is 3.71. The second kappa shape index (κ2) is 7.19. The van der Waals surface area contributed by atoms with Crippen LogP contribution in [0.25, 0.3) is 0 Å². The third kappa shape index (κ3) is 3.14. The first-order valence-electron chi connectivity index (χ1n) is 7.00. The molecule has 1 aromatic heterocycles. The normalized spacial score (nSPS) is 28.0. The highest BCUT2D eigenvalue weighted by Crippen LogP contribution is 2.32. The smallest absolute Gasteiger partial charge is 0.351 e. The van der Waals surface area contributed by atoms with E-state index < -0.39 is 18.0 Å². The van der Waals surface area contributed by atoms with Gasteiger partial charge in [-0.25, -0.2) is 4.79 Å². The highest BCUT2D eigenvalue weighted by atomic mass is 16.6. The van der Waals surface area contributed by atoms with Gasteiger partial charge in [0, 0.05) is 41.6 Å². The van der Waals surface area contributed by atoms with Crippen molar-refractivity contribution >= 4 is 5.82 Å². The SMILES string of the molecule is COC[C@H]1O[C@@H](n2ccc(N(C)C)nc2=O)[C@H](OC)[C@@H]1OC. The zero-order chi connectivity index (χ0) is 16.3. The van der Waals surface area contributed by atoms with Crippen molar-refractivity contribution in [2.24, 2.45) is 0 Å². The molecule has 2 heterocycles. The van der Waals surface area contributed by atoms with Gasteiger partial charge in [0.2, 0.25) is 0 Å². The van der Waals surface area contributed by atoms with Crippen LogP contribution in [0.1, 0.15) is 6.23 Å². The van der Waals surface area contributed by atoms with Crippen molar-refractivity contribution in [3.8, 4) is 0 Å². The second-order valence-corrected chi connectivity index (χ2v) is 5.29. The number of anilines is 1. The standard InChI is InChI=1S/C14H23N3O5/c1-16(2)10-6-7-17(14(18)15-10)13-12(21-5)11(20-4)9(22-13)8-19-3/h6-7,9,11-13H,8H2,1-5H3/t9-,11-,12-,13-/m1/s1. The van der Waals surface area contributed by atoms with Gasteiger partial charge in [-0.15, -0.1) is 0 Å². The first-order chi connectivity index (χ1) is 10.5. The highest BCUT2D eigenvalue weighted by molar-refractivity contribution is 5.33. The Labute approximate surface area is 129 Å².